The average Bonchev–Trinajstić information content (AvgIpc) is 2.38. The summed E-state index contributed by atoms with van der Waals surface area (Å²) in [5.74, 6) is -1.43. The summed E-state index contributed by atoms with van der Waals surface area (Å²) in [6.07, 6.45) is -0.161. The number of carboxylic acid groups (broad SMARTS) is 1. The first-order chi connectivity index (χ1) is 9.25. The maximum Gasteiger partial charge on any atom is 0.305 e. The van der Waals surface area contributed by atoms with Crippen LogP contribution in [-0.2, 0) is 14.6 Å². The summed E-state index contributed by atoms with van der Waals surface area (Å²) >= 11 is 0. The third kappa shape index (κ3) is 4.06. The first kappa shape index (κ1) is 16.2. The highest BCUT2D eigenvalue weighted by Gasteiger charge is 2.19. The van der Waals surface area contributed by atoms with Crippen LogP contribution in [0.4, 0.5) is 0 Å². The first-order valence-electron chi connectivity index (χ1n) is 6.09. The van der Waals surface area contributed by atoms with Crippen molar-refractivity contribution in [2.75, 3.05) is 6.54 Å². The Balaban J connectivity index is 2.77. The van der Waals surface area contributed by atoms with Gasteiger partial charge in [0.15, 0.2) is 9.84 Å². The van der Waals surface area contributed by atoms with E-state index in [1.807, 2.05) is 0 Å². The van der Waals surface area contributed by atoms with E-state index in [0.29, 0.717) is 0 Å². The Kier molecular flexibility index (Phi) is 5.26. The highest BCUT2D eigenvalue weighted by molar-refractivity contribution is 7.92. The van der Waals surface area contributed by atoms with E-state index in [4.69, 9.17) is 5.11 Å². The molecule has 0 radical (unpaired) electrons. The molecule has 0 unspecified atom stereocenters. The quantitative estimate of drug-likeness (QED) is 0.818. The zero-order valence-corrected chi connectivity index (χ0v) is 12.1. The number of hydrogen-bond donors (Lipinski definition) is 2. The molecule has 0 aromatic heterocycles. The van der Waals surface area contributed by atoms with Crippen molar-refractivity contribution in [3.05, 3.63) is 29.8 Å². The molecular weight excluding hydrogens is 282 g/mol. The summed E-state index contributed by atoms with van der Waals surface area (Å²) in [7, 11) is -3.36. The molecule has 0 aliphatic heterocycles. The minimum absolute atomic E-state index is 0.0280. The highest BCUT2D eigenvalue weighted by atomic mass is 32.2. The van der Waals surface area contributed by atoms with Crippen LogP contribution in [-0.4, -0.2) is 37.2 Å². The van der Waals surface area contributed by atoms with E-state index in [-0.39, 0.29) is 23.4 Å². The van der Waals surface area contributed by atoms with Crippen LogP contribution >= 0.6 is 0 Å². The van der Waals surface area contributed by atoms with Crippen LogP contribution in [0.3, 0.4) is 0 Å². The van der Waals surface area contributed by atoms with Crippen LogP contribution in [0.2, 0.25) is 0 Å². The summed E-state index contributed by atoms with van der Waals surface area (Å²) in [6.45, 7) is 3.20. The largest absolute Gasteiger partial charge is 0.481 e. The van der Waals surface area contributed by atoms with Crippen LogP contribution in [0.15, 0.2) is 29.2 Å². The molecule has 6 nitrogen and oxygen atoms in total. The Bertz CT molecular complexity index is 590. The number of aliphatic carboxylic acids is 1. The number of hydrogen-bond acceptors (Lipinski definition) is 4. The second-order valence-corrected chi connectivity index (χ2v) is 7.02. The van der Waals surface area contributed by atoms with Crippen molar-refractivity contribution in [1.82, 2.24) is 5.32 Å². The fourth-order valence-electron chi connectivity index (χ4n) is 1.45. The van der Waals surface area contributed by atoms with Crippen molar-refractivity contribution in [3.63, 3.8) is 0 Å². The van der Waals surface area contributed by atoms with Crippen molar-refractivity contribution in [2.24, 2.45) is 0 Å². The maximum absolute atomic E-state index is 11.9. The molecule has 0 aliphatic rings. The first-order valence-corrected chi connectivity index (χ1v) is 7.63. The van der Waals surface area contributed by atoms with Crippen LogP contribution in [0.25, 0.3) is 0 Å². The van der Waals surface area contributed by atoms with E-state index in [2.05, 4.69) is 5.32 Å². The van der Waals surface area contributed by atoms with Gasteiger partial charge >= 0.3 is 5.97 Å². The predicted molar refractivity (Wildman–Crippen MR) is 73.3 cm³/mol. The lowest BCUT2D eigenvalue weighted by atomic mass is 10.2. The van der Waals surface area contributed by atoms with Gasteiger partial charge in [-0.15, -0.1) is 0 Å². The standard InChI is InChI=1S/C13H17NO5S/c1-9(2)20(18,19)11-5-3-10(4-6-11)13(17)14-8-7-12(15)16/h3-6,9H,7-8H2,1-2H3,(H,14,17)(H,15,16). The Labute approximate surface area is 117 Å². The zero-order valence-electron chi connectivity index (χ0n) is 11.3. The van der Waals surface area contributed by atoms with Crippen LogP contribution < -0.4 is 5.32 Å². The number of sulfone groups is 1. The van der Waals surface area contributed by atoms with E-state index in [0.717, 1.165) is 0 Å². The number of benzene rings is 1. The van der Waals surface area contributed by atoms with Crippen LogP contribution in [0, 0.1) is 0 Å². The monoisotopic (exact) mass is 299 g/mol. The van der Waals surface area contributed by atoms with Gasteiger partial charge in [-0.05, 0) is 38.1 Å². The smallest absolute Gasteiger partial charge is 0.305 e. The van der Waals surface area contributed by atoms with Crippen molar-refractivity contribution >= 4 is 21.7 Å². The summed E-state index contributed by atoms with van der Waals surface area (Å²) in [5.41, 5.74) is 0.290. The second kappa shape index (κ2) is 6.51. The Morgan fingerprint density at radius 2 is 1.75 bits per heavy atom. The molecule has 0 spiro atoms. The molecule has 2 N–H and O–H groups in total. The summed E-state index contributed by atoms with van der Waals surface area (Å²) in [6, 6.07) is 5.57. The van der Waals surface area contributed by atoms with Gasteiger partial charge in [0.25, 0.3) is 5.91 Å². The summed E-state index contributed by atoms with van der Waals surface area (Å²) in [5, 5.41) is 10.4. The fourth-order valence-corrected chi connectivity index (χ4v) is 2.51. The number of carbonyl (C=O) groups is 2. The maximum atomic E-state index is 11.9. The molecule has 0 saturated heterocycles. The molecule has 1 aromatic rings. The summed E-state index contributed by atoms with van der Waals surface area (Å²) in [4.78, 5) is 22.1. The zero-order chi connectivity index (χ0) is 15.3. The second-order valence-electron chi connectivity index (χ2n) is 4.52. The van der Waals surface area contributed by atoms with E-state index in [1.54, 1.807) is 13.8 Å². The Hall–Kier alpha value is -1.89. The average molecular weight is 299 g/mol. The molecule has 0 atom stereocenters. The number of amides is 1. The Morgan fingerprint density at radius 3 is 2.20 bits per heavy atom. The van der Waals surface area contributed by atoms with E-state index in [1.165, 1.54) is 24.3 Å². The van der Waals surface area contributed by atoms with Crippen molar-refractivity contribution in [2.45, 2.75) is 30.4 Å². The lowest BCUT2D eigenvalue weighted by molar-refractivity contribution is -0.136. The van der Waals surface area contributed by atoms with Gasteiger partial charge in [-0.3, -0.25) is 9.59 Å². The number of carboxylic acids is 1. The predicted octanol–water partition coefficient (Wildman–Crippen LogP) is 1.07. The van der Waals surface area contributed by atoms with Crippen LogP contribution in [0.5, 0.6) is 0 Å². The van der Waals surface area contributed by atoms with Gasteiger partial charge in [0, 0.05) is 12.1 Å². The molecule has 1 aromatic carbocycles. The molecule has 1 rings (SSSR count). The molecule has 20 heavy (non-hydrogen) atoms. The lowest BCUT2D eigenvalue weighted by Crippen LogP contribution is -2.26. The molecule has 0 heterocycles. The van der Waals surface area contributed by atoms with Gasteiger partial charge in [0.1, 0.15) is 0 Å². The fraction of sp³-hybridized carbons (Fsp3) is 0.385. The topological polar surface area (TPSA) is 101 Å². The van der Waals surface area contributed by atoms with E-state index < -0.39 is 27.0 Å². The van der Waals surface area contributed by atoms with Crippen molar-refractivity contribution in [1.29, 1.82) is 0 Å². The SMILES string of the molecule is CC(C)S(=O)(=O)c1ccc(C(=O)NCCC(=O)O)cc1. The van der Waals surface area contributed by atoms with Gasteiger partial charge in [-0.25, -0.2) is 8.42 Å². The van der Waals surface area contributed by atoms with Gasteiger partial charge in [-0.1, -0.05) is 0 Å². The third-order valence-electron chi connectivity index (χ3n) is 2.69. The molecule has 0 fully saturated rings. The minimum atomic E-state index is -3.36. The molecule has 0 aliphatic carbocycles. The minimum Gasteiger partial charge on any atom is -0.481 e. The van der Waals surface area contributed by atoms with E-state index in [9.17, 15) is 18.0 Å². The normalized spacial score (nSPS) is 11.3. The molecule has 0 bridgehead atoms. The van der Waals surface area contributed by atoms with Gasteiger partial charge in [-0.2, -0.15) is 0 Å². The molecular formula is C13H17NO5S. The third-order valence-corrected chi connectivity index (χ3v) is 4.86. The Morgan fingerprint density at radius 1 is 1.20 bits per heavy atom. The number of rotatable bonds is 6. The van der Waals surface area contributed by atoms with Crippen molar-refractivity contribution < 1.29 is 23.1 Å². The van der Waals surface area contributed by atoms with Crippen LogP contribution in [0.1, 0.15) is 30.6 Å². The number of carbonyl (C=O) groups excluding carboxylic acids is 1. The summed E-state index contributed by atoms with van der Waals surface area (Å²) < 4.78 is 23.8. The molecule has 1 amide bonds. The van der Waals surface area contributed by atoms with Gasteiger partial charge in [0.05, 0.1) is 16.6 Å². The van der Waals surface area contributed by atoms with E-state index >= 15 is 0 Å². The molecule has 0 saturated carbocycles. The molecule has 7 heteroatoms. The van der Waals surface area contributed by atoms with Gasteiger partial charge in [0.2, 0.25) is 0 Å². The number of nitrogens with one attached hydrogen (secondary N) is 1. The van der Waals surface area contributed by atoms with Gasteiger partial charge < -0.3 is 10.4 Å². The molecule has 110 valence electrons. The lowest BCUT2D eigenvalue weighted by Gasteiger charge is -2.08. The van der Waals surface area contributed by atoms with Crippen molar-refractivity contribution in [3.8, 4) is 0 Å². The highest BCUT2D eigenvalue weighted by Crippen LogP contribution is 2.16.